The number of hydrogen-bond donors (Lipinski definition) is 1. The molecule has 16 heavy (non-hydrogen) atoms. The number of rotatable bonds is 9. The summed E-state index contributed by atoms with van der Waals surface area (Å²) in [5, 5.41) is 3.31. The number of hydrogen-bond acceptors (Lipinski definition) is 4. The molecule has 3 nitrogen and oxygen atoms in total. The van der Waals surface area contributed by atoms with Crippen molar-refractivity contribution < 1.29 is 9.47 Å². The minimum absolute atomic E-state index is 0.675. The van der Waals surface area contributed by atoms with Crippen LogP contribution in [0.3, 0.4) is 0 Å². The summed E-state index contributed by atoms with van der Waals surface area (Å²) >= 11 is 1.81. The van der Waals surface area contributed by atoms with E-state index in [2.05, 4.69) is 24.4 Å². The third-order valence-corrected chi connectivity index (χ3v) is 3.15. The molecule has 0 atom stereocenters. The Morgan fingerprint density at radius 2 is 1.88 bits per heavy atom. The molecular formula is C12H21NO2S. The van der Waals surface area contributed by atoms with Crippen molar-refractivity contribution in [3.8, 4) is 0 Å². The normalized spacial score (nSPS) is 10.9. The van der Waals surface area contributed by atoms with Gasteiger partial charge in [-0.15, -0.1) is 11.3 Å². The largest absolute Gasteiger partial charge is 0.379 e. The molecule has 0 aliphatic rings. The summed E-state index contributed by atoms with van der Waals surface area (Å²) in [4.78, 5) is 2.65. The van der Waals surface area contributed by atoms with Crippen LogP contribution in [0.1, 0.15) is 23.6 Å². The third kappa shape index (κ3) is 5.61. The first-order valence-electron chi connectivity index (χ1n) is 5.80. The molecule has 0 saturated carbocycles. The lowest BCUT2D eigenvalue weighted by molar-refractivity contribution is 0.0462. The highest BCUT2D eigenvalue weighted by Gasteiger charge is 1.99. The minimum atomic E-state index is 0.675. The first kappa shape index (κ1) is 13.6. The van der Waals surface area contributed by atoms with E-state index in [1.807, 2.05) is 18.3 Å². The summed E-state index contributed by atoms with van der Waals surface area (Å²) in [6, 6.07) is 4.30. The average molecular weight is 243 g/mol. The lowest BCUT2D eigenvalue weighted by Crippen LogP contribution is -2.10. The van der Waals surface area contributed by atoms with E-state index in [-0.39, 0.29) is 0 Å². The lowest BCUT2D eigenvalue weighted by Gasteiger charge is -2.02. The van der Waals surface area contributed by atoms with Crippen molar-refractivity contribution in [1.29, 1.82) is 0 Å². The van der Waals surface area contributed by atoms with Gasteiger partial charge in [-0.3, -0.25) is 0 Å². The molecule has 4 heteroatoms. The van der Waals surface area contributed by atoms with Crippen LogP contribution < -0.4 is 5.32 Å². The Kier molecular flexibility index (Phi) is 7.42. The van der Waals surface area contributed by atoms with Gasteiger partial charge >= 0.3 is 0 Å². The zero-order valence-electron chi connectivity index (χ0n) is 10.1. The van der Waals surface area contributed by atoms with Crippen LogP contribution in [0, 0.1) is 0 Å². The van der Waals surface area contributed by atoms with Crippen molar-refractivity contribution in [3.05, 3.63) is 21.9 Å². The molecule has 0 aliphatic carbocycles. The van der Waals surface area contributed by atoms with E-state index in [0.717, 1.165) is 19.7 Å². The molecule has 0 amide bonds. The van der Waals surface area contributed by atoms with Crippen LogP contribution in [0.4, 0.5) is 0 Å². The molecule has 0 aliphatic heterocycles. The van der Waals surface area contributed by atoms with E-state index >= 15 is 0 Å². The summed E-state index contributed by atoms with van der Waals surface area (Å²) in [5.74, 6) is 0. The number of ether oxygens (including phenoxy) is 2. The second-order valence-corrected chi connectivity index (χ2v) is 4.65. The van der Waals surface area contributed by atoms with Crippen LogP contribution in [-0.2, 0) is 22.6 Å². The summed E-state index contributed by atoms with van der Waals surface area (Å²) in [6.07, 6.45) is 0. The third-order valence-electron chi connectivity index (χ3n) is 2.09. The molecule has 1 heterocycles. The second kappa shape index (κ2) is 8.70. The van der Waals surface area contributed by atoms with Crippen molar-refractivity contribution in [2.75, 3.05) is 26.4 Å². The van der Waals surface area contributed by atoms with Gasteiger partial charge in [0.2, 0.25) is 0 Å². The highest BCUT2D eigenvalue weighted by Crippen LogP contribution is 2.17. The quantitative estimate of drug-likeness (QED) is 0.676. The van der Waals surface area contributed by atoms with Gasteiger partial charge in [-0.25, -0.2) is 0 Å². The van der Waals surface area contributed by atoms with Crippen LogP contribution in [0.15, 0.2) is 12.1 Å². The maximum Gasteiger partial charge on any atom is 0.0810 e. The Morgan fingerprint density at radius 1 is 1.12 bits per heavy atom. The van der Waals surface area contributed by atoms with Gasteiger partial charge in [0.15, 0.2) is 0 Å². The predicted molar refractivity (Wildman–Crippen MR) is 67.8 cm³/mol. The van der Waals surface area contributed by atoms with Gasteiger partial charge in [-0.1, -0.05) is 6.92 Å². The average Bonchev–Trinajstić information content (AvgIpc) is 2.74. The molecule has 0 fully saturated rings. The molecule has 0 radical (unpaired) electrons. The molecule has 0 saturated heterocycles. The summed E-state index contributed by atoms with van der Waals surface area (Å²) < 4.78 is 10.7. The molecule has 1 aromatic rings. The zero-order valence-corrected chi connectivity index (χ0v) is 10.9. The van der Waals surface area contributed by atoms with E-state index in [4.69, 9.17) is 9.47 Å². The molecule has 0 bridgehead atoms. The molecule has 1 N–H and O–H groups in total. The molecule has 0 aromatic carbocycles. The van der Waals surface area contributed by atoms with Gasteiger partial charge in [0.05, 0.1) is 19.8 Å². The molecule has 1 aromatic heterocycles. The first-order chi connectivity index (χ1) is 7.86. The highest BCUT2D eigenvalue weighted by molar-refractivity contribution is 7.11. The standard InChI is InChI=1S/C12H21NO2S/c1-3-13-9-11-5-6-12(16-11)10-15-8-7-14-4-2/h5-6,13H,3-4,7-10H2,1-2H3. The maximum absolute atomic E-state index is 5.50. The fourth-order valence-electron chi connectivity index (χ4n) is 1.28. The van der Waals surface area contributed by atoms with Crippen LogP contribution >= 0.6 is 11.3 Å². The van der Waals surface area contributed by atoms with Crippen molar-refractivity contribution >= 4 is 11.3 Å². The van der Waals surface area contributed by atoms with Gasteiger partial charge in [-0.2, -0.15) is 0 Å². The van der Waals surface area contributed by atoms with E-state index in [1.54, 1.807) is 0 Å². The Balaban J connectivity index is 2.14. The Hall–Kier alpha value is -0.420. The lowest BCUT2D eigenvalue weighted by atomic mass is 10.4. The second-order valence-electron chi connectivity index (χ2n) is 3.40. The van der Waals surface area contributed by atoms with Crippen molar-refractivity contribution in [2.45, 2.75) is 27.0 Å². The zero-order chi connectivity index (χ0) is 11.6. The van der Waals surface area contributed by atoms with E-state index in [0.29, 0.717) is 19.8 Å². The van der Waals surface area contributed by atoms with Crippen LogP contribution in [0.5, 0.6) is 0 Å². The fourth-order valence-corrected chi connectivity index (χ4v) is 2.20. The maximum atomic E-state index is 5.50. The Morgan fingerprint density at radius 3 is 2.62 bits per heavy atom. The summed E-state index contributed by atoms with van der Waals surface area (Å²) in [6.45, 7) is 8.90. The van der Waals surface area contributed by atoms with E-state index < -0.39 is 0 Å². The van der Waals surface area contributed by atoms with Gasteiger partial charge in [0.1, 0.15) is 0 Å². The SMILES string of the molecule is CCNCc1ccc(COCCOCC)s1. The van der Waals surface area contributed by atoms with E-state index in [9.17, 15) is 0 Å². The molecule has 0 spiro atoms. The topological polar surface area (TPSA) is 30.5 Å². The molecular weight excluding hydrogens is 222 g/mol. The van der Waals surface area contributed by atoms with Crippen molar-refractivity contribution in [1.82, 2.24) is 5.32 Å². The van der Waals surface area contributed by atoms with Gasteiger partial charge < -0.3 is 14.8 Å². The molecule has 1 rings (SSSR count). The fraction of sp³-hybridized carbons (Fsp3) is 0.667. The van der Waals surface area contributed by atoms with Crippen LogP contribution in [0.25, 0.3) is 0 Å². The van der Waals surface area contributed by atoms with Crippen molar-refractivity contribution in [3.63, 3.8) is 0 Å². The van der Waals surface area contributed by atoms with Crippen LogP contribution in [-0.4, -0.2) is 26.4 Å². The summed E-state index contributed by atoms with van der Waals surface area (Å²) in [7, 11) is 0. The first-order valence-corrected chi connectivity index (χ1v) is 6.62. The summed E-state index contributed by atoms with van der Waals surface area (Å²) in [5.41, 5.74) is 0. The van der Waals surface area contributed by atoms with Gasteiger partial charge in [0.25, 0.3) is 0 Å². The van der Waals surface area contributed by atoms with Crippen LogP contribution in [0.2, 0.25) is 0 Å². The van der Waals surface area contributed by atoms with Gasteiger partial charge in [-0.05, 0) is 25.6 Å². The molecule has 0 unspecified atom stereocenters. The molecule has 92 valence electrons. The minimum Gasteiger partial charge on any atom is -0.379 e. The number of nitrogens with one attached hydrogen (secondary N) is 1. The highest BCUT2D eigenvalue weighted by atomic mass is 32.1. The van der Waals surface area contributed by atoms with E-state index in [1.165, 1.54) is 9.75 Å². The Bertz CT molecular complexity index is 276. The van der Waals surface area contributed by atoms with Crippen molar-refractivity contribution in [2.24, 2.45) is 0 Å². The smallest absolute Gasteiger partial charge is 0.0810 e. The van der Waals surface area contributed by atoms with Gasteiger partial charge in [0, 0.05) is 22.9 Å². The number of thiophene rings is 1. The monoisotopic (exact) mass is 243 g/mol. The predicted octanol–water partition coefficient (Wildman–Crippen LogP) is 2.41. The Labute approximate surface area is 102 Å².